The van der Waals surface area contributed by atoms with Crippen molar-refractivity contribution in [3.63, 3.8) is 0 Å². The maximum Gasteiger partial charge on any atom is 0.160 e. The van der Waals surface area contributed by atoms with E-state index in [-0.39, 0.29) is 12.2 Å². The predicted octanol–water partition coefficient (Wildman–Crippen LogP) is 0.828. The molecule has 1 aliphatic rings. The van der Waals surface area contributed by atoms with Gasteiger partial charge in [0.1, 0.15) is 0 Å². The molecule has 1 heterocycles. The molecule has 0 spiro atoms. The summed E-state index contributed by atoms with van der Waals surface area (Å²) in [5.41, 5.74) is 0. The smallest absolute Gasteiger partial charge is 0.160 e. The number of Topliss-reactive ketones (excluding diaryl/α,β-unsaturated/α-hetero) is 1. The lowest BCUT2D eigenvalue weighted by Crippen LogP contribution is -2.33. The van der Waals surface area contributed by atoms with E-state index in [4.69, 9.17) is 10.00 Å². The number of nitrogens with zero attached hydrogens (tertiary/aromatic N) is 2. The first kappa shape index (κ1) is 12.2. The van der Waals surface area contributed by atoms with E-state index in [0.717, 1.165) is 32.6 Å². The highest BCUT2D eigenvalue weighted by atomic mass is 16.5. The minimum atomic E-state index is 0.00654. The highest BCUT2D eigenvalue weighted by Gasteiger charge is 2.16. The van der Waals surface area contributed by atoms with Gasteiger partial charge in [-0.15, -0.1) is 0 Å². The second kappa shape index (κ2) is 6.54. The van der Waals surface area contributed by atoms with Crippen molar-refractivity contribution in [1.82, 2.24) is 4.90 Å². The fourth-order valence-electron chi connectivity index (χ4n) is 1.88. The average Bonchev–Trinajstić information content (AvgIpc) is 2.19. The van der Waals surface area contributed by atoms with Crippen molar-refractivity contribution >= 4 is 5.78 Å². The lowest BCUT2D eigenvalue weighted by Gasteiger charge is -2.26. The molecule has 1 rings (SSSR count). The Hall–Kier alpha value is -0.920. The molecule has 0 aromatic rings. The van der Waals surface area contributed by atoms with Crippen LogP contribution in [0.25, 0.3) is 0 Å². The van der Waals surface area contributed by atoms with Gasteiger partial charge in [-0.05, 0) is 25.8 Å². The molecule has 0 aromatic carbocycles. The molecular formula is C11H18N2O2. The molecule has 1 saturated heterocycles. The van der Waals surface area contributed by atoms with E-state index in [1.54, 1.807) is 0 Å². The zero-order valence-electron chi connectivity index (χ0n) is 9.24. The minimum Gasteiger partial charge on any atom is -0.381 e. The maximum atomic E-state index is 11.2. The molecule has 0 bridgehead atoms. The second-order valence-corrected chi connectivity index (χ2v) is 4.13. The molecule has 0 radical (unpaired) electrons. The molecule has 0 aromatic heterocycles. The molecular weight excluding hydrogens is 192 g/mol. The van der Waals surface area contributed by atoms with E-state index in [2.05, 4.69) is 0 Å². The summed E-state index contributed by atoms with van der Waals surface area (Å²) >= 11 is 0. The fourth-order valence-corrected chi connectivity index (χ4v) is 1.88. The van der Waals surface area contributed by atoms with Gasteiger partial charge in [-0.25, -0.2) is 0 Å². The first-order valence-electron chi connectivity index (χ1n) is 5.37. The Balaban J connectivity index is 2.19. The lowest BCUT2D eigenvalue weighted by atomic mass is 10.00. The number of carbonyl (C=O) groups is 1. The number of ether oxygens (including phenoxy) is 1. The SMILES string of the molecule is CN(CC(=O)CC#N)CC1CCOCC1. The Bertz CT molecular complexity index is 241. The Morgan fingerprint density at radius 1 is 1.53 bits per heavy atom. The third-order valence-corrected chi connectivity index (χ3v) is 2.63. The molecule has 0 amide bonds. The Labute approximate surface area is 90.8 Å². The molecule has 84 valence electrons. The average molecular weight is 210 g/mol. The molecule has 4 heteroatoms. The first-order chi connectivity index (χ1) is 7.22. The predicted molar refractivity (Wildman–Crippen MR) is 56.3 cm³/mol. The van der Waals surface area contributed by atoms with E-state index < -0.39 is 0 Å². The van der Waals surface area contributed by atoms with Gasteiger partial charge in [0.15, 0.2) is 5.78 Å². The summed E-state index contributed by atoms with van der Waals surface area (Å²) in [6.07, 6.45) is 2.19. The topological polar surface area (TPSA) is 53.3 Å². The molecule has 0 atom stereocenters. The summed E-state index contributed by atoms with van der Waals surface area (Å²) < 4.78 is 5.27. The van der Waals surface area contributed by atoms with Crippen molar-refractivity contribution in [2.45, 2.75) is 19.3 Å². The van der Waals surface area contributed by atoms with Crippen molar-refractivity contribution in [3.05, 3.63) is 0 Å². The van der Waals surface area contributed by atoms with Crippen LogP contribution in [0, 0.1) is 17.2 Å². The number of likely N-dealkylation sites (N-methyl/N-ethyl adjacent to an activating group) is 1. The largest absolute Gasteiger partial charge is 0.381 e. The summed E-state index contributed by atoms with van der Waals surface area (Å²) in [5, 5.41) is 8.37. The van der Waals surface area contributed by atoms with Crippen LogP contribution in [0.4, 0.5) is 0 Å². The first-order valence-corrected chi connectivity index (χ1v) is 5.37. The number of hydrogen-bond donors (Lipinski definition) is 0. The van der Waals surface area contributed by atoms with Gasteiger partial charge < -0.3 is 4.74 Å². The lowest BCUT2D eigenvalue weighted by molar-refractivity contribution is -0.119. The van der Waals surface area contributed by atoms with Crippen molar-refractivity contribution < 1.29 is 9.53 Å². The molecule has 4 nitrogen and oxygen atoms in total. The summed E-state index contributed by atoms with van der Waals surface area (Å²) in [7, 11) is 1.94. The van der Waals surface area contributed by atoms with Crippen LogP contribution in [0.15, 0.2) is 0 Å². The van der Waals surface area contributed by atoms with Gasteiger partial charge in [-0.1, -0.05) is 0 Å². The highest BCUT2D eigenvalue weighted by Crippen LogP contribution is 2.15. The van der Waals surface area contributed by atoms with E-state index >= 15 is 0 Å². The van der Waals surface area contributed by atoms with E-state index in [1.165, 1.54) is 0 Å². The van der Waals surface area contributed by atoms with E-state index in [0.29, 0.717) is 12.5 Å². The quantitative estimate of drug-likeness (QED) is 0.674. The fraction of sp³-hybridized carbons (Fsp3) is 0.818. The van der Waals surface area contributed by atoms with Crippen LogP contribution in [-0.4, -0.2) is 44.0 Å². The van der Waals surface area contributed by atoms with Crippen LogP contribution in [0.3, 0.4) is 0 Å². The van der Waals surface area contributed by atoms with Crippen LogP contribution in [0.5, 0.6) is 0 Å². The van der Waals surface area contributed by atoms with Crippen LogP contribution in [-0.2, 0) is 9.53 Å². The van der Waals surface area contributed by atoms with E-state index in [1.807, 2.05) is 18.0 Å². The monoisotopic (exact) mass is 210 g/mol. The van der Waals surface area contributed by atoms with Crippen molar-refractivity contribution in [3.8, 4) is 6.07 Å². The number of hydrogen-bond acceptors (Lipinski definition) is 4. The van der Waals surface area contributed by atoms with Gasteiger partial charge in [0.05, 0.1) is 19.0 Å². The summed E-state index contributed by atoms with van der Waals surface area (Å²) in [5.74, 6) is 0.644. The van der Waals surface area contributed by atoms with Gasteiger partial charge in [-0.2, -0.15) is 5.26 Å². The van der Waals surface area contributed by atoms with Crippen molar-refractivity contribution in [2.75, 3.05) is 33.4 Å². The summed E-state index contributed by atoms with van der Waals surface area (Å²) in [6, 6.07) is 1.88. The minimum absolute atomic E-state index is 0.00654. The molecule has 15 heavy (non-hydrogen) atoms. The Morgan fingerprint density at radius 2 is 2.20 bits per heavy atom. The number of carbonyl (C=O) groups excluding carboxylic acids is 1. The van der Waals surface area contributed by atoms with Crippen molar-refractivity contribution in [2.24, 2.45) is 5.92 Å². The van der Waals surface area contributed by atoms with Gasteiger partial charge in [-0.3, -0.25) is 9.69 Å². The molecule has 1 fully saturated rings. The zero-order chi connectivity index (χ0) is 11.1. The van der Waals surface area contributed by atoms with Gasteiger partial charge in [0.25, 0.3) is 0 Å². The summed E-state index contributed by atoms with van der Waals surface area (Å²) in [4.78, 5) is 13.2. The molecule has 0 N–H and O–H groups in total. The van der Waals surface area contributed by atoms with Crippen LogP contribution < -0.4 is 0 Å². The Kier molecular flexibility index (Phi) is 5.30. The van der Waals surface area contributed by atoms with Crippen molar-refractivity contribution in [1.29, 1.82) is 5.26 Å². The number of rotatable bonds is 5. The van der Waals surface area contributed by atoms with Crippen LogP contribution >= 0.6 is 0 Å². The Morgan fingerprint density at radius 3 is 2.80 bits per heavy atom. The molecule has 0 aliphatic carbocycles. The van der Waals surface area contributed by atoms with Gasteiger partial charge in [0.2, 0.25) is 0 Å². The third-order valence-electron chi connectivity index (χ3n) is 2.63. The second-order valence-electron chi connectivity index (χ2n) is 4.13. The zero-order valence-corrected chi connectivity index (χ0v) is 9.24. The van der Waals surface area contributed by atoms with Gasteiger partial charge >= 0.3 is 0 Å². The molecule has 0 saturated carbocycles. The molecule has 1 aliphatic heterocycles. The number of ketones is 1. The number of nitriles is 1. The third kappa shape index (κ3) is 4.91. The highest BCUT2D eigenvalue weighted by molar-refractivity contribution is 5.82. The summed E-state index contributed by atoms with van der Waals surface area (Å²) in [6.45, 7) is 3.00. The van der Waals surface area contributed by atoms with Gasteiger partial charge in [0, 0.05) is 19.8 Å². The standard InChI is InChI=1S/C11H18N2O2/c1-13(9-11(14)2-5-12)8-10-3-6-15-7-4-10/h10H,2-4,6-9H2,1H3. The maximum absolute atomic E-state index is 11.2. The normalized spacial score (nSPS) is 17.7. The van der Waals surface area contributed by atoms with Crippen LogP contribution in [0.1, 0.15) is 19.3 Å². The molecule has 0 unspecified atom stereocenters. The van der Waals surface area contributed by atoms with Crippen LogP contribution in [0.2, 0.25) is 0 Å². The van der Waals surface area contributed by atoms with E-state index in [9.17, 15) is 4.79 Å².